The summed E-state index contributed by atoms with van der Waals surface area (Å²) in [6, 6.07) is 4.53. The zero-order valence-corrected chi connectivity index (χ0v) is 13.5. The molecule has 3 heteroatoms. The van der Waals surface area contributed by atoms with Crippen molar-refractivity contribution < 1.29 is 0 Å². The lowest BCUT2D eigenvalue weighted by atomic mass is 10.1. The zero-order chi connectivity index (χ0) is 14.7. The third-order valence-electron chi connectivity index (χ3n) is 4.08. The van der Waals surface area contributed by atoms with E-state index in [0.717, 1.165) is 32.6 Å². The van der Waals surface area contributed by atoms with Gasteiger partial charge >= 0.3 is 0 Å². The first-order valence-electron chi connectivity index (χ1n) is 7.60. The van der Waals surface area contributed by atoms with Gasteiger partial charge in [0, 0.05) is 31.9 Å². The average molecular weight is 273 g/mol. The second-order valence-electron chi connectivity index (χ2n) is 5.94. The molecule has 0 bridgehead atoms. The molecule has 1 fully saturated rings. The first-order chi connectivity index (χ1) is 9.51. The third-order valence-corrected chi connectivity index (χ3v) is 4.08. The molecule has 1 aromatic rings. The standard InChI is InChI=1S/C17H27N3/c1-6-15(4)18-17-14(3)11-13(2)12-16(17)20-9-7-19(5)8-10-20/h11-12H,6-10H2,1-5H3. The first kappa shape index (κ1) is 15.0. The van der Waals surface area contributed by atoms with Crippen LogP contribution in [0.3, 0.4) is 0 Å². The van der Waals surface area contributed by atoms with Gasteiger partial charge in [0.1, 0.15) is 0 Å². The summed E-state index contributed by atoms with van der Waals surface area (Å²) in [6.45, 7) is 13.1. The quantitative estimate of drug-likeness (QED) is 0.784. The minimum absolute atomic E-state index is 1.01. The number of hydrogen-bond donors (Lipinski definition) is 0. The van der Waals surface area contributed by atoms with Crippen molar-refractivity contribution >= 4 is 17.1 Å². The number of piperazine rings is 1. The maximum Gasteiger partial charge on any atom is 0.0891 e. The highest BCUT2D eigenvalue weighted by Gasteiger charge is 2.18. The monoisotopic (exact) mass is 273 g/mol. The second-order valence-corrected chi connectivity index (χ2v) is 5.94. The average Bonchev–Trinajstić information content (AvgIpc) is 2.42. The van der Waals surface area contributed by atoms with Gasteiger partial charge in [-0.15, -0.1) is 0 Å². The van der Waals surface area contributed by atoms with E-state index in [1.54, 1.807) is 0 Å². The van der Waals surface area contributed by atoms with Gasteiger partial charge in [0.2, 0.25) is 0 Å². The van der Waals surface area contributed by atoms with Crippen LogP contribution in [-0.2, 0) is 0 Å². The van der Waals surface area contributed by atoms with E-state index in [-0.39, 0.29) is 0 Å². The van der Waals surface area contributed by atoms with Crippen LogP contribution in [-0.4, -0.2) is 43.8 Å². The molecule has 2 rings (SSSR count). The maximum absolute atomic E-state index is 4.87. The second kappa shape index (κ2) is 6.40. The summed E-state index contributed by atoms with van der Waals surface area (Å²) < 4.78 is 0. The Morgan fingerprint density at radius 2 is 1.80 bits per heavy atom. The van der Waals surface area contributed by atoms with Gasteiger partial charge in [-0.25, -0.2) is 0 Å². The van der Waals surface area contributed by atoms with Crippen LogP contribution in [0.15, 0.2) is 17.1 Å². The van der Waals surface area contributed by atoms with Crippen molar-refractivity contribution in [3.8, 4) is 0 Å². The van der Waals surface area contributed by atoms with E-state index in [0.29, 0.717) is 0 Å². The summed E-state index contributed by atoms with van der Waals surface area (Å²) in [4.78, 5) is 9.75. The lowest BCUT2D eigenvalue weighted by molar-refractivity contribution is 0.313. The molecule has 1 heterocycles. The van der Waals surface area contributed by atoms with Crippen molar-refractivity contribution in [1.29, 1.82) is 0 Å². The number of hydrogen-bond acceptors (Lipinski definition) is 3. The summed E-state index contributed by atoms with van der Waals surface area (Å²) in [5.41, 5.74) is 6.28. The van der Waals surface area contributed by atoms with E-state index < -0.39 is 0 Å². The first-order valence-corrected chi connectivity index (χ1v) is 7.60. The van der Waals surface area contributed by atoms with Crippen LogP contribution in [0.25, 0.3) is 0 Å². The summed E-state index contributed by atoms with van der Waals surface area (Å²) in [7, 11) is 2.19. The van der Waals surface area contributed by atoms with Crippen LogP contribution in [0.5, 0.6) is 0 Å². The number of benzene rings is 1. The van der Waals surface area contributed by atoms with E-state index in [1.807, 2.05) is 0 Å². The number of likely N-dealkylation sites (N-methyl/N-ethyl adjacent to an activating group) is 1. The zero-order valence-electron chi connectivity index (χ0n) is 13.5. The van der Waals surface area contributed by atoms with Crippen LogP contribution < -0.4 is 4.90 Å². The summed E-state index contributed by atoms with van der Waals surface area (Å²) in [5, 5.41) is 0. The van der Waals surface area contributed by atoms with E-state index in [1.165, 1.54) is 28.2 Å². The van der Waals surface area contributed by atoms with Gasteiger partial charge in [0.15, 0.2) is 0 Å². The predicted octanol–water partition coefficient (Wildman–Crippen LogP) is 3.56. The van der Waals surface area contributed by atoms with Crippen LogP contribution in [0.4, 0.5) is 11.4 Å². The van der Waals surface area contributed by atoms with Crippen LogP contribution in [0, 0.1) is 13.8 Å². The van der Waals surface area contributed by atoms with Gasteiger partial charge in [-0.2, -0.15) is 0 Å². The Balaban J connectivity index is 2.40. The number of nitrogens with zero attached hydrogens (tertiary/aromatic N) is 3. The van der Waals surface area contributed by atoms with Gasteiger partial charge in [0.25, 0.3) is 0 Å². The predicted molar refractivity (Wildman–Crippen MR) is 88.7 cm³/mol. The molecule has 1 aromatic carbocycles. The number of rotatable bonds is 3. The molecule has 0 amide bonds. The molecule has 0 atom stereocenters. The van der Waals surface area contributed by atoms with Crippen LogP contribution >= 0.6 is 0 Å². The van der Waals surface area contributed by atoms with Crippen molar-refractivity contribution in [2.45, 2.75) is 34.1 Å². The van der Waals surface area contributed by atoms with Gasteiger partial charge in [-0.05, 0) is 51.4 Å². The van der Waals surface area contributed by atoms with Crippen molar-refractivity contribution in [1.82, 2.24) is 4.90 Å². The molecule has 0 unspecified atom stereocenters. The fourth-order valence-corrected chi connectivity index (χ4v) is 2.64. The molecule has 0 saturated carbocycles. The largest absolute Gasteiger partial charge is 0.367 e. The van der Waals surface area contributed by atoms with Gasteiger partial charge < -0.3 is 9.80 Å². The topological polar surface area (TPSA) is 18.8 Å². The smallest absolute Gasteiger partial charge is 0.0891 e. The third kappa shape index (κ3) is 3.40. The molecule has 1 aliphatic rings. The highest BCUT2D eigenvalue weighted by atomic mass is 15.3. The highest BCUT2D eigenvalue weighted by Crippen LogP contribution is 2.34. The van der Waals surface area contributed by atoms with Crippen molar-refractivity contribution in [3.05, 3.63) is 23.3 Å². The molecule has 0 radical (unpaired) electrons. The Morgan fingerprint density at radius 1 is 1.15 bits per heavy atom. The fourth-order valence-electron chi connectivity index (χ4n) is 2.64. The molecule has 1 saturated heterocycles. The molecule has 0 N–H and O–H groups in total. The Kier molecular flexibility index (Phi) is 4.81. The van der Waals surface area contributed by atoms with Gasteiger partial charge in [-0.1, -0.05) is 13.0 Å². The van der Waals surface area contributed by atoms with E-state index in [9.17, 15) is 0 Å². The van der Waals surface area contributed by atoms with Crippen molar-refractivity contribution in [2.75, 3.05) is 38.1 Å². The Morgan fingerprint density at radius 3 is 2.40 bits per heavy atom. The lowest BCUT2D eigenvalue weighted by Crippen LogP contribution is -2.44. The molecule has 0 aliphatic carbocycles. The van der Waals surface area contributed by atoms with E-state index in [2.05, 4.69) is 56.7 Å². The minimum Gasteiger partial charge on any atom is -0.367 e. The van der Waals surface area contributed by atoms with Crippen LogP contribution in [0.1, 0.15) is 31.4 Å². The van der Waals surface area contributed by atoms with E-state index >= 15 is 0 Å². The molecule has 1 aliphatic heterocycles. The Bertz CT molecular complexity index is 497. The molecule has 20 heavy (non-hydrogen) atoms. The highest BCUT2D eigenvalue weighted by molar-refractivity contribution is 5.87. The normalized spacial score (nSPS) is 17.6. The molecule has 110 valence electrons. The summed E-state index contributed by atoms with van der Waals surface area (Å²) in [6.07, 6.45) is 1.01. The Labute approximate surface area is 123 Å². The number of aliphatic imine (C=N–C) groups is 1. The molecule has 0 spiro atoms. The molecular weight excluding hydrogens is 246 g/mol. The van der Waals surface area contributed by atoms with Crippen molar-refractivity contribution in [2.24, 2.45) is 4.99 Å². The SMILES string of the molecule is CCC(C)=Nc1c(C)cc(C)cc1N1CCN(C)CC1. The maximum atomic E-state index is 4.87. The van der Waals surface area contributed by atoms with Gasteiger partial charge in [-0.3, -0.25) is 4.99 Å². The lowest BCUT2D eigenvalue weighted by Gasteiger charge is -2.35. The van der Waals surface area contributed by atoms with Gasteiger partial charge in [0.05, 0.1) is 11.4 Å². The number of aryl methyl sites for hydroxylation is 2. The van der Waals surface area contributed by atoms with E-state index in [4.69, 9.17) is 4.99 Å². The number of anilines is 1. The summed E-state index contributed by atoms with van der Waals surface area (Å²) in [5.74, 6) is 0. The molecule has 3 nitrogen and oxygen atoms in total. The molecule has 0 aromatic heterocycles. The Hall–Kier alpha value is -1.35. The molecular formula is C17H27N3. The van der Waals surface area contributed by atoms with Crippen molar-refractivity contribution in [3.63, 3.8) is 0 Å². The van der Waals surface area contributed by atoms with Crippen LogP contribution in [0.2, 0.25) is 0 Å². The summed E-state index contributed by atoms with van der Waals surface area (Å²) >= 11 is 0. The fraction of sp³-hybridized carbons (Fsp3) is 0.588. The minimum atomic E-state index is 1.01.